The number of para-hydroxylation sites is 2. The number of amides is 1. The molecule has 2 aliphatic rings. The zero-order valence-corrected chi connectivity index (χ0v) is 18.5. The molecule has 0 spiro atoms. The summed E-state index contributed by atoms with van der Waals surface area (Å²) in [6.45, 7) is 0. The molecule has 5 rings (SSSR count). The lowest BCUT2D eigenvalue weighted by atomic mass is 9.93. The number of hydrogen-bond donors (Lipinski definition) is 2. The number of fused-ring (bicyclic) bond motifs is 2. The van der Waals surface area contributed by atoms with E-state index >= 15 is 0 Å². The third kappa shape index (κ3) is 3.03. The van der Waals surface area contributed by atoms with Crippen molar-refractivity contribution < 1.29 is 23.9 Å². The van der Waals surface area contributed by atoms with Gasteiger partial charge < -0.3 is 20.1 Å². The number of rotatable bonds is 4. The van der Waals surface area contributed by atoms with Crippen LogP contribution >= 0.6 is 0 Å². The molecule has 170 valence electrons. The van der Waals surface area contributed by atoms with Crippen molar-refractivity contribution in [2.75, 3.05) is 29.8 Å². The second-order valence-corrected chi connectivity index (χ2v) is 7.78. The lowest BCUT2D eigenvalue weighted by Gasteiger charge is -2.36. The summed E-state index contributed by atoms with van der Waals surface area (Å²) in [4.78, 5) is 41.8. The number of hydrogen-bond acceptors (Lipinski definition) is 7. The van der Waals surface area contributed by atoms with E-state index in [1.54, 1.807) is 48.5 Å². The van der Waals surface area contributed by atoms with Crippen LogP contribution in [0.5, 0.6) is 5.75 Å². The first-order valence-corrected chi connectivity index (χ1v) is 10.6. The number of ketones is 1. The topological polar surface area (TPSA) is 97.0 Å². The number of nitrogens with one attached hydrogen (secondary N) is 2. The maximum absolute atomic E-state index is 13.6. The number of carbonyl (C=O) groups excluding carboxylic acids is 3. The van der Waals surface area contributed by atoms with Gasteiger partial charge in [-0.15, -0.1) is 0 Å². The molecule has 2 aliphatic heterocycles. The van der Waals surface area contributed by atoms with E-state index in [0.29, 0.717) is 34.1 Å². The van der Waals surface area contributed by atoms with Crippen LogP contribution in [0.4, 0.5) is 17.1 Å². The number of Topliss-reactive ketones (excluding diaryl/α,β-unsaturated/α-hetero) is 1. The molecular formula is C26H21N3O5. The normalized spacial score (nSPS) is 18.9. The molecule has 0 bridgehead atoms. The molecule has 3 aromatic rings. The molecule has 0 unspecified atom stereocenters. The highest BCUT2D eigenvalue weighted by Gasteiger charge is 2.64. The maximum Gasteiger partial charge on any atom is 0.358 e. The zero-order valence-electron chi connectivity index (χ0n) is 18.5. The van der Waals surface area contributed by atoms with Gasteiger partial charge in [-0.2, -0.15) is 0 Å². The molecule has 1 atom stereocenters. The molecule has 1 fully saturated rings. The second kappa shape index (κ2) is 8.08. The Morgan fingerprint density at radius 1 is 0.853 bits per heavy atom. The predicted molar refractivity (Wildman–Crippen MR) is 127 cm³/mol. The Morgan fingerprint density at radius 2 is 1.50 bits per heavy atom. The van der Waals surface area contributed by atoms with E-state index in [4.69, 9.17) is 9.47 Å². The summed E-state index contributed by atoms with van der Waals surface area (Å²) in [5, 5.41) is 6.46. The molecular weight excluding hydrogens is 434 g/mol. The van der Waals surface area contributed by atoms with Gasteiger partial charge in [0.1, 0.15) is 5.75 Å². The number of carbonyl (C=O) groups is 3. The average Bonchev–Trinajstić information content (AvgIpc) is 3.01. The number of ether oxygens (including phenoxy) is 2. The molecule has 0 saturated carbocycles. The largest absolute Gasteiger partial charge is 0.497 e. The summed E-state index contributed by atoms with van der Waals surface area (Å²) in [5.74, 6) is -1.90. The first-order valence-electron chi connectivity index (χ1n) is 10.6. The molecule has 2 N–H and O–H groups in total. The molecule has 34 heavy (non-hydrogen) atoms. The fraction of sp³-hybridized carbons (Fsp3) is 0.115. The van der Waals surface area contributed by atoms with Gasteiger partial charge in [0.2, 0.25) is 0 Å². The van der Waals surface area contributed by atoms with Crippen LogP contribution in [0.3, 0.4) is 0 Å². The minimum atomic E-state index is -1.94. The number of anilines is 3. The van der Waals surface area contributed by atoms with Crippen LogP contribution in [-0.2, 0) is 19.1 Å². The van der Waals surface area contributed by atoms with Crippen molar-refractivity contribution in [3.8, 4) is 5.75 Å². The Labute approximate surface area is 195 Å². The summed E-state index contributed by atoms with van der Waals surface area (Å²) in [5.41, 5.74) is 0.502. The third-order valence-corrected chi connectivity index (χ3v) is 5.95. The van der Waals surface area contributed by atoms with E-state index in [2.05, 4.69) is 10.6 Å². The highest BCUT2D eigenvalue weighted by Crippen LogP contribution is 2.46. The minimum absolute atomic E-state index is 0.0393. The van der Waals surface area contributed by atoms with Gasteiger partial charge in [-0.25, -0.2) is 4.79 Å². The van der Waals surface area contributed by atoms with E-state index in [9.17, 15) is 14.4 Å². The van der Waals surface area contributed by atoms with E-state index < -0.39 is 23.3 Å². The van der Waals surface area contributed by atoms with Crippen molar-refractivity contribution in [2.45, 2.75) is 5.66 Å². The summed E-state index contributed by atoms with van der Waals surface area (Å²) < 4.78 is 10.4. The third-order valence-electron chi connectivity index (χ3n) is 5.95. The fourth-order valence-corrected chi connectivity index (χ4v) is 4.40. The molecule has 1 saturated heterocycles. The summed E-state index contributed by atoms with van der Waals surface area (Å²) in [6.07, 6.45) is 0. The predicted octanol–water partition coefficient (Wildman–Crippen LogP) is 3.43. The van der Waals surface area contributed by atoms with E-state index in [0.717, 1.165) is 4.90 Å². The monoisotopic (exact) mass is 455 g/mol. The summed E-state index contributed by atoms with van der Waals surface area (Å²) in [7, 11) is 2.75. The van der Waals surface area contributed by atoms with Gasteiger partial charge in [0.25, 0.3) is 11.4 Å². The van der Waals surface area contributed by atoms with Gasteiger partial charge in [0.15, 0.2) is 0 Å². The van der Waals surface area contributed by atoms with Gasteiger partial charge in [-0.3, -0.25) is 14.5 Å². The van der Waals surface area contributed by atoms with Gasteiger partial charge >= 0.3 is 11.9 Å². The fourth-order valence-electron chi connectivity index (χ4n) is 4.40. The lowest BCUT2D eigenvalue weighted by molar-refractivity contribution is -0.145. The molecule has 2 heterocycles. The Balaban J connectivity index is 1.86. The number of methoxy groups -OCH3 is 2. The summed E-state index contributed by atoms with van der Waals surface area (Å²) in [6, 6.07) is 22.8. The standard InChI is InChI=1S/C26H21N3O5/c1-33-18-14-12-17(13-15-18)29-24(31)23(30)21-22(16-8-4-3-5-9-16)27-19-10-6-7-11-20(19)28-26(21,29)25(32)34-2/h3-15,27-28H,1-2H3/t26-/m0/s1. The van der Waals surface area contributed by atoms with Crippen LogP contribution in [0.25, 0.3) is 5.70 Å². The van der Waals surface area contributed by atoms with Crippen molar-refractivity contribution in [3.63, 3.8) is 0 Å². The molecule has 3 aromatic carbocycles. The van der Waals surface area contributed by atoms with Crippen molar-refractivity contribution >= 4 is 40.4 Å². The summed E-state index contributed by atoms with van der Waals surface area (Å²) >= 11 is 0. The highest BCUT2D eigenvalue weighted by molar-refractivity contribution is 6.55. The zero-order chi connectivity index (χ0) is 23.9. The SMILES string of the molecule is COC(=O)[C@]12Nc3ccccc3NC(c3ccccc3)=C1C(=O)C(=O)N2c1ccc(OC)cc1. The molecule has 8 nitrogen and oxygen atoms in total. The lowest BCUT2D eigenvalue weighted by Crippen LogP contribution is -2.59. The van der Waals surface area contributed by atoms with Crippen LogP contribution in [0.15, 0.2) is 84.4 Å². The van der Waals surface area contributed by atoms with Crippen molar-refractivity contribution in [1.29, 1.82) is 0 Å². The molecule has 8 heteroatoms. The smallest absolute Gasteiger partial charge is 0.358 e. The van der Waals surface area contributed by atoms with Crippen molar-refractivity contribution in [2.24, 2.45) is 0 Å². The maximum atomic E-state index is 13.6. The second-order valence-electron chi connectivity index (χ2n) is 7.78. The van der Waals surface area contributed by atoms with Crippen molar-refractivity contribution in [3.05, 3.63) is 90.0 Å². The van der Waals surface area contributed by atoms with Crippen LogP contribution in [0, 0.1) is 0 Å². The van der Waals surface area contributed by atoms with Gasteiger partial charge in [0, 0.05) is 5.69 Å². The van der Waals surface area contributed by atoms with Gasteiger partial charge in [-0.1, -0.05) is 42.5 Å². The highest BCUT2D eigenvalue weighted by atomic mass is 16.5. The number of benzene rings is 3. The number of esters is 1. The quantitative estimate of drug-likeness (QED) is 0.460. The average molecular weight is 455 g/mol. The first-order chi connectivity index (χ1) is 16.5. The minimum Gasteiger partial charge on any atom is -0.497 e. The molecule has 0 aliphatic carbocycles. The van der Waals surface area contributed by atoms with Crippen molar-refractivity contribution in [1.82, 2.24) is 0 Å². The number of nitrogens with zero attached hydrogens (tertiary/aromatic N) is 1. The van der Waals surface area contributed by atoms with Crippen LogP contribution in [0.2, 0.25) is 0 Å². The van der Waals surface area contributed by atoms with E-state index in [-0.39, 0.29) is 5.57 Å². The Kier molecular flexibility index (Phi) is 5.05. The Hall–Kier alpha value is -4.59. The van der Waals surface area contributed by atoms with Crippen LogP contribution < -0.4 is 20.3 Å². The molecule has 0 aromatic heterocycles. The van der Waals surface area contributed by atoms with Gasteiger partial charge in [-0.05, 0) is 42.0 Å². The Morgan fingerprint density at radius 3 is 2.15 bits per heavy atom. The van der Waals surface area contributed by atoms with E-state index in [1.807, 2.05) is 30.3 Å². The molecule has 0 radical (unpaired) electrons. The first kappa shape index (κ1) is 21.3. The Bertz CT molecular complexity index is 1330. The van der Waals surface area contributed by atoms with Crippen LogP contribution in [0.1, 0.15) is 5.56 Å². The van der Waals surface area contributed by atoms with E-state index in [1.165, 1.54) is 14.2 Å². The van der Waals surface area contributed by atoms with Gasteiger partial charge in [0.05, 0.1) is 36.9 Å². The molecule has 1 amide bonds. The van der Waals surface area contributed by atoms with Crippen LogP contribution in [-0.4, -0.2) is 37.5 Å².